The molecule has 4 nitrogen and oxygen atoms in total. The Morgan fingerprint density at radius 2 is 1.88 bits per heavy atom. The fraction of sp³-hybridized carbons (Fsp3) is 0.263. The van der Waals surface area contributed by atoms with Crippen molar-refractivity contribution in [2.45, 2.75) is 19.3 Å². The molecular weight excluding hydrogens is 354 g/mol. The standard InChI is InChI=1S/C19H18ClN3OS/c20-14-7-2-3-8-16(14)23-17(19(24)22-10-4-1-5-11-22)13-15(21-23)18-9-6-12-25-18/h2-3,6-9,12-13H,1,4-5,10-11H2. The van der Waals surface area contributed by atoms with Crippen LogP contribution in [0.3, 0.4) is 0 Å². The van der Waals surface area contributed by atoms with Gasteiger partial charge in [-0.1, -0.05) is 29.8 Å². The number of thiophene rings is 1. The second-order valence-corrected chi connectivity index (χ2v) is 7.46. The number of rotatable bonds is 3. The smallest absolute Gasteiger partial charge is 0.272 e. The molecule has 0 N–H and O–H groups in total. The van der Waals surface area contributed by atoms with Crippen molar-refractivity contribution in [3.8, 4) is 16.3 Å². The van der Waals surface area contributed by atoms with Crippen LogP contribution in [-0.4, -0.2) is 33.7 Å². The Morgan fingerprint density at radius 1 is 1.08 bits per heavy atom. The summed E-state index contributed by atoms with van der Waals surface area (Å²) in [6.45, 7) is 1.61. The third-order valence-corrected chi connectivity index (χ3v) is 5.64. The van der Waals surface area contributed by atoms with Crippen molar-refractivity contribution in [2.24, 2.45) is 0 Å². The van der Waals surface area contributed by atoms with Gasteiger partial charge in [0.15, 0.2) is 0 Å². The summed E-state index contributed by atoms with van der Waals surface area (Å²) in [6, 6.07) is 13.4. The van der Waals surface area contributed by atoms with Gasteiger partial charge < -0.3 is 4.90 Å². The molecule has 0 atom stereocenters. The van der Waals surface area contributed by atoms with Crippen molar-refractivity contribution in [1.29, 1.82) is 0 Å². The lowest BCUT2D eigenvalue weighted by atomic mass is 10.1. The molecule has 3 heterocycles. The number of para-hydroxylation sites is 1. The maximum absolute atomic E-state index is 13.1. The zero-order chi connectivity index (χ0) is 17.2. The number of amides is 1. The minimum absolute atomic E-state index is 0.0231. The van der Waals surface area contributed by atoms with Crippen LogP contribution in [0.4, 0.5) is 0 Å². The maximum atomic E-state index is 13.1. The summed E-state index contributed by atoms with van der Waals surface area (Å²) in [7, 11) is 0. The van der Waals surface area contributed by atoms with Gasteiger partial charge in [0.2, 0.25) is 0 Å². The van der Waals surface area contributed by atoms with E-state index < -0.39 is 0 Å². The van der Waals surface area contributed by atoms with Gasteiger partial charge in [-0.3, -0.25) is 4.79 Å². The van der Waals surface area contributed by atoms with E-state index in [-0.39, 0.29) is 5.91 Å². The van der Waals surface area contributed by atoms with Gasteiger partial charge in [0.1, 0.15) is 11.4 Å². The number of halogens is 1. The molecule has 6 heteroatoms. The Labute approximate surface area is 155 Å². The first kappa shape index (κ1) is 16.4. The summed E-state index contributed by atoms with van der Waals surface area (Å²) in [5, 5.41) is 7.28. The van der Waals surface area contributed by atoms with Crippen molar-refractivity contribution in [3.05, 3.63) is 58.6 Å². The molecule has 1 aliphatic heterocycles. The molecule has 3 aromatic rings. The topological polar surface area (TPSA) is 38.1 Å². The quantitative estimate of drug-likeness (QED) is 0.658. The van der Waals surface area contributed by atoms with E-state index in [1.807, 2.05) is 52.7 Å². The van der Waals surface area contributed by atoms with Crippen LogP contribution in [0.25, 0.3) is 16.3 Å². The number of piperidine rings is 1. The lowest BCUT2D eigenvalue weighted by Crippen LogP contribution is -2.36. The van der Waals surface area contributed by atoms with Gasteiger partial charge in [0.05, 0.1) is 15.6 Å². The third-order valence-electron chi connectivity index (χ3n) is 4.43. The molecule has 1 amide bonds. The Bertz CT molecular complexity index is 882. The summed E-state index contributed by atoms with van der Waals surface area (Å²) in [5.74, 6) is 0.0231. The average molecular weight is 372 g/mol. The molecule has 0 radical (unpaired) electrons. The monoisotopic (exact) mass is 371 g/mol. The summed E-state index contributed by atoms with van der Waals surface area (Å²) in [5.41, 5.74) is 2.10. The fourth-order valence-electron chi connectivity index (χ4n) is 3.14. The number of carbonyl (C=O) groups excluding carboxylic acids is 1. The molecule has 25 heavy (non-hydrogen) atoms. The number of likely N-dealkylation sites (tertiary alicyclic amines) is 1. The highest BCUT2D eigenvalue weighted by Crippen LogP contribution is 2.29. The molecular formula is C19H18ClN3OS. The Balaban J connectivity index is 1.81. The van der Waals surface area contributed by atoms with Crippen LogP contribution in [0.5, 0.6) is 0 Å². The summed E-state index contributed by atoms with van der Waals surface area (Å²) in [6.07, 6.45) is 3.31. The fourth-order valence-corrected chi connectivity index (χ4v) is 4.04. The Hall–Kier alpha value is -2.11. The summed E-state index contributed by atoms with van der Waals surface area (Å²) >= 11 is 7.98. The first-order valence-electron chi connectivity index (χ1n) is 8.42. The van der Waals surface area contributed by atoms with E-state index in [2.05, 4.69) is 0 Å². The zero-order valence-corrected chi connectivity index (χ0v) is 15.3. The Kier molecular flexibility index (Phi) is 4.59. The van der Waals surface area contributed by atoms with E-state index in [4.69, 9.17) is 16.7 Å². The zero-order valence-electron chi connectivity index (χ0n) is 13.7. The Morgan fingerprint density at radius 3 is 2.60 bits per heavy atom. The van der Waals surface area contributed by atoms with Crippen LogP contribution in [0.2, 0.25) is 5.02 Å². The van der Waals surface area contributed by atoms with Gasteiger partial charge in [0, 0.05) is 13.1 Å². The van der Waals surface area contributed by atoms with E-state index in [0.29, 0.717) is 10.7 Å². The molecule has 0 aliphatic carbocycles. The lowest BCUT2D eigenvalue weighted by molar-refractivity contribution is 0.0715. The molecule has 128 valence electrons. The van der Waals surface area contributed by atoms with Crippen LogP contribution in [0, 0.1) is 0 Å². The van der Waals surface area contributed by atoms with Crippen molar-refractivity contribution >= 4 is 28.8 Å². The first-order valence-corrected chi connectivity index (χ1v) is 9.68. The number of aromatic nitrogens is 2. The number of hydrogen-bond acceptors (Lipinski definition) is 3. The van der Waals surface area contributed by atoms with Crippen LogP contribution >= 0.6 is 22.9 Å². The molecule has 0 spiro atoms. The van der Waals surface area contributed by atoms with E-state index in [1.54, 1.807) is 16.0 Å². The summed E-state index contributed by atoms with van der Waals surface area (Å²) in [4.78, 5) is 16.1. The van der Waals surface area contributed by atoms with Crippen LogP contribution in [0.15, 0.2) is 47.8 Å². The molecule has 0 bridgehead atoms. The van der Waals surface area contributed by atoms with Gasteiger partial charge in [-0.05, 0) is 48.9 Å². The van der Waals surface area contributed by atoms with Crippen molar-refractivity contribution in [1.82, 2.24) is 14.7 Å². The highest BCUT2D eigenvalue weighted by Gasteiger charge is 2.24. The van der Waals surface area contributed by atoms with E-state index in [0.717, 1.165) is 42.2 Å². The second-order valence-electron chi connectivity index (χ2n) is 6.11. The molecule has 0 unspecified atom stereocenters. The minimum Gasteiger partial charge on any atom is -0.337 e. The molecule has 4 rings (SSSR count). The first-order chi connectivity index (χ1) is 12.2. The van der Waals surface area contributed by atoms with Gasteiger partial charge in [-0.2, -0.15) is 5.10 Å². The van der Waals surface area contributed by atoms with Crippen LogP contribution in [-0.2, 0) is 0 Å². The highest BCUT2D eigenvalue weighted by molar-refractivity contribution is 7.13. The molecule has 1 aliphatic rings. The van der Waals surface area contributed by atoms with Gasteiger partial charge in [-0.15, -0.1) is 11.3 Å². The second kappa shape index (κ2) is 7.02. The van der Waals surface area contributed by atoms with Crippen LogP contribution < -0.4 is 0 Å². The maximum Gasteiger partial charge on any atom is 0.272 e. The van der Waals surface area contributed by atoms with Crippen LogP contribution in [0.1, 0.15) is 29.8 Å². The van der Waals surface area contributed by atoms with E-state index >= 15 is 0 Å². The molecule has 2 aromatic heterocycles. The SMILES string of the molecule is O=C(c1cc(-c2cccs2)nn1-c1ccccc1Cl)N1CCCCC1. The van der Waals surface area contributed by atoms with Gasteiger partial charge >= 0.3 is 0 Å². The number of nitrogens with zero attached hydrogens (tertiary/aromatic N) is 3. The highest BCUT2D eigenvalue weighted by atomic mass is 35.5. The largest absolute Gasteiger partial charge is 0.337 e. The molecule has 1 aromatic carbocycles. The third kappa shape index (κ3) is 3.22. The number of hydrogen-bond donors (Lipinski definition) is 0. The van der Waals surface area contributed by atoms with E-state index in [9.17, 15) is 4.79 Å². The summed E-state index contributed by atoms with van der Waals surface area (Å²) < 4.78 is 1.69. The van der Waals surface area contributed by atoms with Gasteiger partial charge in [0.25, 0.3) is 5.91 Å². The van der Waals surface area contributed by atoms with E-state index in [1.165, 1.54) is 6.42 Å². The van der Waals surface area contributed by atoms with Gasteiger partial charge in [-0.25, -0.2) is 4.68 Å². The predicted octanol–water partition coefficient (Wildman–Crippen LogP) is 4.88. The molecule has 0 saturated carbocycles. The van der Waals surface area contributed by atoms with Crippen molar-refractivity contribution < 1.29 is 4.79 Å². The molecule has 1 fully saturated rings. The number of benzene rings is 1. The lowest BCUT2D eigenvalue weighted by Gasteiger charge is -2.26. The molecule has 1 saturated heterocycles. The minimum atomic E-state index is 0.0231. The van der Waals surface area contributed by atoms with Crippen molar-refractivity contribution in [2.75, 3.05) is 13.1 Å². The number of carbonyl (C=O) groups is 1. The predicted molar refractivity (Wildman–Crippen MR) is 102 cm³/mol. The van der Waals surface area contributed by atoms with Crippen molar-refractivity contribution in [3.63, 3.8) is 0 Å². The normalized spacial score (nSPS) is 14.7. The average Bonchev–Trinajstić information content (AvgIpc) is 3.32.